The number of amides is 1. The van der Waals surface area contributed by atoms with Crippen LogP contribution in [0.2, 0.25) is 0 Å². The van der Waals surface area contributed by atoms with Crippen LogP contribution in [0.15, 0.2) is 36.9 Å². The van der Waals surface area contributed by atoms with Crippen molar-refractivity contribution in [3.05, 3.63) is 48.0 Å². The molecule has 0 saturated heterocycles. The number of rotatable bonds is 4. The summed E-state index contributed by atoms with van der Waals surface area (Å²) >= 11 is 0. The molecule has 1 unspecified atom stereocenters. The van der Waals surface area contributed by atoms with Crippen LogP contribution < -0.4 is 0 Å². The lowest BCUT2D eigenvalue weighted by Crippen LogP contribution is -2.28. The first kappa shape index (κ1) is 10.9. The number of unbranched alkanes of at least 4 members (excludes halogenated alkanes) is 1. The van der Waals surface area contributed by atoms with E-state index in [0.29, 0.717) is 0 Å². The summed E-state index contributed by atoms with van der Waals surface area (Å²) in [5.74, 6) is 0.147. The fourth-order valence-corrected chi connectivity index (χ4v) is 2.22. The highest BCUT2D eigenvalue weighted by Crippen LogP contribution is 2.34. The summed E-state index contributed by atoms with van der Waals surface area (Å²) in [6.07, 6.45) is 4.01. The number of hydrogen-bond acceptors (Lipinski definition) is 1. The molecule has 0 aliphatic carbocycles. The topological polar surface area (TPSA) is 20.3 Å². The molecular weight excluding hydrogens is 198 g/mol. The Morgan fingerprint density at radius 3 is 2.88 bits per heavy atom. The van der Waals surface area contributed by atoms with Crippen LogP contribution in [0.25, 0.3) is 0 Å². The Hall–Kier alpha value is -1.57. The Morgan fingerprint density at radius 2 is 2.19 bits per heavy atom. The van der Waals surface area contributed by atoms with Crippen LogP contribution in [-0.2, 0) is 0 Å². The highest BCUT2D eigenvalue weighted by molar-refractivity contribution is 5.99. The third-order valence-electron chi connectivity index (χ3n) is 3.08. The van der Waals surface area contributed by atoms with Gasteiger partial charge in [0.1, 0.15) is 0 Å². The van der Waals surface area contributed by atoms with Crippen LogP contribution in [0.4, 0.5) is 0 Å². The predicted octanol–water partition coefficient (Wildman–Crippen LogP) is 3.17. The molecule has 2 rings (SSSR count). The fraction of sp³-hybridized carbons (Fsp3) is 0.357. The largest absolute Gasteiger partial charge is 0.328 e. The Morgan fingerprint density at radius 1 is 1.44 bits per heavy atom. The van der Waals surface area contributed by atoms with E-state index in [1.807, 2.05) is 35.2 Å². The van der Waals surface area contributed by atoms with E-state index in [-0.39, 0.29) is 11.9 Å². The first-order valence-electron chi connectivity index (χ1n) is 5.82. The van der Waals surface area contributed by atoms with Gasteiger partial charge in [-0.3, -0.25) is 4.79 Å². The van der Waals surface area contributed by atoms with E-state index < -0.39 is 0 Å². The van der Waals surface area contributed by atoms with Crippen molar-refractivity contribution in [2.45, 2.75) is 25.8 Å². The zero-order chi connectivity index (χ0) is 11.5. The minimum atomic E-state index is 0.0650. The van der Waals surface area contributed by atoms with Gasteiger partial charge in [-0.25, -0.2) is 0 Å². The third kappa shape index (κ3) is 1.64. The standard InChI is InChI=1S/C14H17NO/c1-3-5-10-15-13(4-2)11-8-6-7-9-12(11)14(15)16/h4,6-9,13H,2-3,5,10H2,1H3. The van der Waals surface area contributed by atoms with E-state index in [2.05, 4.69) is 13.5 Å². The first-order valence-corrected chi connectivity index (χ1v) is 5.82. The molecule has 1 aliphatic heterocycles. The van der Waals surface area contributed by atoms with Crippen molar-refractivity contribution >= 4 is 5.91 Å². The molecule has 0 bridgehead atoms. The van der Waals surface area contributed by atoms with E-state index >= 15 is 0 Å². The molecule has 0 spiro atoms. The van der Waals surface area contributed by atoms with E-state index in [1.165, 1.54) is 0 Å². The van der Waals surface area contributed by atoms with Gasteiger partial charge in [0, 0.05) is 12.1 Å². The predicted molar refractivity (Wildman–Crippen MR) is 65.3 cm³/mol. The van der Waals surface area contributed by atoms with Gasteiger partial charge in [0.25, 0.3) is 5.91 Å². The van der Waals surface area contributed by atoms with Crippen LogP contribution in [0.3, 0.4) is 0 Å². The Bertz CT molecular complexity index is 411. The maximum atomic E-state index is 12.2. The van der Waals surface area contributed by atoms with Crippen molar-refractivity contribution in [1.82, 2.24) is 4.90 Å². The summed E-state index contributed by atoms with van der Waals surface area (Å²) in [7, 11) is 0. The Labute approximate surface area is 96.6 Å². The van der Waals surface area contributed by atoms with Crippen molar-refractivity contribution < 1.29 is 4.79 Å². The molecule has 84 valence electrons. The summed E-state index contributed by atoms with van der Waals surface area (Å²) in [5, 5.41) is 0. The molecule has 0 N–H and O–H groups in total. The SMILES string of the molecule is C=CC1c2ccccc2C(=O)N1CCCC. The molecule has 1 atom stereocenters. The van der Waals surface area contributed by atoms with Gasteiger partial charge in [-0.05, 0) is 18.1 Å². The summed E-state index contributed by atoms with van der Waals surface area (Å²) in [6.45, 7) is 6.80. The van der Waals surface area contributed by atoms with Crippen molar-refractivity contribution in [1.29, 1.82) is 0 Å². The van der Waals surface area contributed by atoms with Gasteiger partial charge in [0.15, 0.2) is 0 Å². The van der Waals surface area contributed by atoms with E-state index in [4.69, 9.17) is 0 Å². The second-order valence-electron chi connectivity index (χ2n) is 4.12. The maximum absolute atomic E-state index is 12.2. The first-order chi connectivity index (χ1) is 7.79. The van der Waals surface area contributed by atoms with Gasteiger partial charge in [-0.1, -0.05) is 37.6 Å². The molecule has 2 heteroatoms. The summed E-state index contributed by atoms with van der Waals surface area (Å²) in [4.78, 5) is 14.1. The quantitative estimate of drug-likeness (QED) is 0.706. The van der Waals surface area contributed by atoms with Gasteiger partial charge >= 0.3 is 0 Å². The minimum absolute atomic E-state index is 0.0650. The van der Waals surface area contributed by atoms with Crippen LogP contribution in [0.1, 0.15) is 41.7 Å². The molecule has 16 heavy (non-hydrogen) atoms. The molecule has 2 nitrogen and oxygen atoms in total. The molecule has 0 aromatic heterocycles. The molecule has 0 radical (unpaired) electrons. The summed E-state index contributed by atoms with van der Waals surface area (Å²) in [5.41, 5.74) is 1.93. The second-order valence-corrected chi connectivity index (χ2v) is 4.12. The minimum Gasteiger partial charge on any atom is -0.328 e. The number of benzene rings is 1. The van der Waals surface area contributed by atoms with Crippen LogP contribution in [-0.4, -0.2) is 17.4 Å². The monoisotopic (exact) mass is 215 g/mol. The normalized spacial score (nSPS) is 18.7. The number of carbonyl (C=O) groups excluding carboxylic acids is 1. The molecule has 1 aromatic carbocycles. The highest BCUT2D eigenvalue weighted by atomic mass is 16.2. The van der Waals surface area contributed by atoms with Gasteiger partial charge in [-0.15, -0.1) is 6.58 Å². The molecule has 1 aromatic rings. The van der Waals surface area contributed by atoms with Crippen molar-refractivity contribution in [3.63, 3.8) is 0 Å². The number of nitrogens with zero attached hydrogens (tertiary/aromatic N) is 1. The molecule has 1 heterocycles. The van der Waals surface area contributed by atoms with Crippen LogP contribution >= 0.6 is 0 Å². The van der Waals surface area contributed by atoms with Crippen molar-refractivity contribution in [3.8, 4) is 0 Å². The fourth-order valence-electron chi connectivity index (χ4n) is 2.22. The van der Waals surface area contributed by atoms with Gasteiger partial charge in [-0.2, -0.15) is 0 Å². The average Bonchev–Trinajstić information content (AvgIpc) is 2.60. The third-order valence-corrected chi connectivity index (χ3v) is 3.08. The van der Waals surface area contributed by atoms with E-state index in [9.17, 15) is 4.79 Å². The Kier molecular flexibility index (Phi) is 3.09. The smallest absolute Gasteiger partial charge is 0.254 e. The van der Waals surface area contributed by atoms with E-state index in [0.717, 1.165) is 30.5 Å². The van der Waals surface area contributed by atoms with Gasteiger partial charge in [0.2, 0.25) is 0 Å². The number of carbonyl (C=O) groups is 1. The van der Waals surface area contributed by atoms with Crippen molar-refractivity contribution in [2.75, 3.05) is 6.54 Å². The lowest BCUT2D eigenvalue weighted by Gasteiger charge is -2.22. The van der Waals surface area contributed by atoms with Crippen LogP contribution in [0.5, 0.6) is 0 Å². The number of hydrogen-bond donors (Lipinski definition) is 0. The molecule has 0 saturated carbocycles. The average molecular weight is 215 g/mol. The van der Waals surface area contributed by atoms with Crippen LogP contribution in [0, 0.1) is 0 Å². The summed E-state index contributed by atoms with van der Waals surface area (Å²) in [6, 6.07) is 7.88. The molecular formula is C14H17NO. The lowest BCUT2D eigenvalue weighted by molar-refractivity contribution is 0.0752. The molecule has 1 amide bonds. The van der Waals surface area contributed by atoms with Gasteiger partial charge < -0.3 is 4.90 Å². The lowest BCUT2D eigenvalue weighted by atomic mass is 10.1. The van der Waals surface area contributed by atoms with E-state index in [1.54, 1.807) is 0 Å². The Balaban J connectivity index is 2.32. The second kappa shape index (κ2) is 4.52. The van der Waals surface area contributed by atoms with Crippen molar-refractivity contribution in [2.24, 2.45) is 0 Å². The highest BCUT2D eigenvalue weighted by Gasteiger charge is 2.33. The zero-order valence-electron chi connectivity index (χ0n) is 9.65. The maximum Gasteiger partial charge on any atom is 0.254 e. The zero-order valence-corrected chi connectivity index (χ0v) is 9.65. The van der Waals surface area contributed by atoms with Gasteiger partial charge in [0.05, 0.1) is 6.04 Å². The summed E-state index contributed by atoms with van der Waals surface area (Å²) < 4.78 is 0. The molecule has 1 aliphatic rings. The molecule has 0 fully saturated rings. The number of fused-ring (bicyclic) bond motifs is 1.